The molecule has 0 saturated carbocycles. The van der Waals surface area contributed by atoms with Gasteiger partial charge < -0.3 is 56.3 Å². The molecule has 2 aliphatic rings. The largest absolute Gasteiger partial charge is 0.508 e. The average molecular weight is 1200 g/mol. The van der Waals surface area contributed by atoms with Gasteiger partial charge in [-0.3, -0.25) is 57.7 Å². The first-order valence-corrected chi connectivity index (χ1v) is 30.0. The minimum atomic E-state index is -1.31. The molecule has 2 aliphatic heterocycles. The molecular weight excluding hydrogens is 1100 g/mol. The lowest BCUT2D eigenvalue weighted by atomic mass is 9.89. The molecule has 7 N–H and O–H groups in total. The van der Waals surface area contributed by atoms with Crippen LogP contribution < -0.4 is 31.9 Å². The maximum absolute atomic E-state index is 14.7. The van der Waals surface area contributed by atoms with Crippen LogP contribution in [0.2, 0.25) is 0 Å². The fourth-order valence-electron chi connectivity index (χ4n) is 11.4. The monoisotopic (exact) mass is 1200 g/mol. The standard InChI is InChI=1S/C63H96N10O13/c1-15-40(8)56(71(12)63(84)54(38(4)5)69-62(83)55(39(6)7)70(10)11)48(85-13)36-52(78)72-32-19-22-47(72)57(86-14)41(9)58(79)66-45(34-42-20-17-16-18-21-42)59(80)67-46(35-43-23-25-44(74)26-24-43)60(81)68-53(37(2)3)61(82)65-31-30-64-49(75)29-33-73-50(76)27-28-51(73)77/h16-18,20-21,23-28,37-41,45-48,53-57,74H,15,19,22,29-36H2,1-14H3,(H,64,75)(H,65,82)(H,66,79)(H,67,80)(H,68,81)(H,69,83)/t40-,41+,45-,46-,47-,48+,53-,54-,55-,56-,57?/m0/s1. The smallest absolute Gasteiger partial charge is 0.253 e. The van der Waals surface area contributed by atoms with Crippen LogP contribution in [0.25, 0.3) is 0 Å². The number of nitrogens with zero attached hydrogens (tertiary/aromatic N) is 4. The third kappa shape index (κ3) is 20.2. The number of phenolic OH excluding ortho intramolecular Hbond substituents is 1. The summed E-state index contributed by atoms with van der Waals surface area (Å²) in [5.74, 6) is -6.62. The van der Waals surface area contributed by atoms with E-state index in [0.717, 1.165) is 17.1 Å². The molecule has 0 bridgehead atoms. The molecule has 86 heavy (non-hydrogen) atoms. The van der Waals surface area contributed by atoms with Gasteiger partial charge in [-0.1, -0.05) is 111 Å². The fourth-order valence-corrected chi connectivity index (χ4v) is 11.4. The van der Waals surface area contributed by atoms with E-state index < -0.39 is 108 Å². The van der Waals surface area contributed by atoms with Crippen molar-refractivity contribution in [2.24, 2.45) is 29.6 Å². The average Bonchev–Trinajstić information content (AvgIpc) is 2.85. The van der Waals surface area contributed by atoms with Gasteiger partial charge in [0.25, 0.3) is 11.8 Å². The van der Waals surface area contributed by atoms with Crippen LogP contribution in [0, 0.1) is 29.6 Å². The minimum absolute atomic E-state index is 0.00902. The highest BCUT2D eigenvalue weighted by atomic mass is 16.5. The van der Waals surface area contributed by atoms with E-state index in [1.54, 1.807) is 74.0 Å². The Morgan fingerprint density at radius 2 is 1.21 bits per heavy atom. The molecule has 0 spiro atoms. The maximum atomic E-state index is 14.7. The van der Waals surface area contributed by atoms with Crippen molar-refractivity contribution in [3.63, 3.8) is 0 Å². The zero-order valence-electron chi connectivity index (χ0n) is 52.8. The van der Waals surface area contributed by atoms with Gasteiger partial charge in [0.15, 0.2) is 0 Å². The van der Waals surface area contributed by atoms with Crippen LogP contribution >= 0.6 is 0 Å². The summed E-state index contributed by atoms with van der Waals surface area (Å²) in [4.78, 5) is 143. The molecule has 23 heteroatoms. The Labute approximate surface area is 507 Å². The number of ether oxygens (including phenoxy) is 2. The Morgan fingerprint density at radius 1 is 0.663 bits per heavy atom. The SMILES string of the molecule is CC[C@H](C)[C@@H]([C@@H](CC(=O)N1CCC[C@H]1C(OC)[C@@H](C)C(=O)N[C@@H](Cc1ccccc1)C(=O)N[C@@H](Cc1ccc(O)cc1)C(=O)N[C@H](C(=O)NCCNC(=O)CCN1C(=O)C=CC1=O)C(C)C)OC)N(C)C(=O)[C@@H](NC(=O)[C@H](C(C)C)N(C)C)C(C)C. The quantitative estimate of drug-likeness (QED) is 0.0392. The molecule has 476 valence electrons. The van der Waals surface area contributed by atoms with Gasteiger partial charge in [0.2, 0.25) is 47.3 Å². The van der Waals surface area contributed by atoms with Crippen molar-refractivity contribution >= 4 is 59.1 Å². The van der Waals surface area contributed by atoms with Crippen LogP contribution in [-0.4, -0.2) is 200 Å². The number of carbonyl (C=O) groups excluding carboxylic acids is 10. The number of likely N-dealkylation sites (N-methyl/N-ethyl adjacent to an activating group) is 2. The summed E-state index contributed by atoms with van der Waals surface area (Å²) >= 11 is 0. The molecule has 0 aliphatic carbocycles. The predicted molar refractivity (Wildman–Crippen MR) is 324 cm³/mol. The topological polar surface area (TPSA) is 295 Å². The second-order valence-corrected chi connectivity index (χ2v) is 23.9. The highest BCUT2D eigenvalue weighted by molar-refractivity contribution is 6.13. The maximum Gasteiger partial charge on any atom is 0.253 e. The molecule has 23 nitrogen and oxygen atoms in total. The van der Waals surface area contributed by atoms with Crippen molar-refractivity contribution in [2.75, 3.05) is 61.5 Å². The van der Waals surface area contributed by atoms with Crippen LogP contribution in [0.3, 0.4) is 0 Å². The van der Waals surface area contributed by atoms with E-state index in [2.05, 4.69) is 31.9 Å². The van der Waals surface area contributed by atoms with Crippen molar-refractivity contribution in [2.45, 2.75) is 162 Å². The van der Waals surface area contributed by atoms with Crippen molar-refractivity contribution in [1.29, 1.82) is 0 Å². The highest BCUT2D eigenvalue weighted by Gasteiger charge is 2.44. The van der Waals surface area contributed by atoms with Gasteiger partial charge >= 0.3 is 0 Å². The number of hydrogen-bond acceptors (Lipinski definition) is 14. The molecular formula is C63H96N10O13. The number of benzene rings is 2. The molecule has 2 aromatic carbocycles. The van der Waals surface area contributed by atoms with E-state index in [0.29, 0.717) is 36.9 Å². The molecule has 1 fully saturated rings. The van der Waals surface area contributed by atoms with E-state index in [4.69, 9.17) is 9.47 Å². The minimum Gasteiger partial charge on any atom is -0.508 e. The van der Waals surface area contributed by atoms with Crippen LogP contribution in [0.5, 0.6) is 5.75 Å². The van der Waals surface area contributed by atoms with Crippen LogP contribution in [0.1, 0.15) is 106 Å². The molecule has 10 amide bonds. The molecule has 4 rings (SSSR count). The zero-order valence-corrected chi connectivity index (χ0v) is 52.8. The molecule has 1 saturated heterocycles. The van der Waals surface area contributed by atoms with E-state index in [1.807, 2.05) is 66.6 Å². The summed E-state index contributed by atoms with van der Waals surface area (Å²) in [5, 5.41) is 27.0. The number of imide groups is 1. The second kappa shape index (κ2) is 34.2. The summed E-state index contributed by atoms with van der Waals surface area (Å²) in [6.45, 7) is 17.0. The van der Waals surface area contributed by atoms with Crippen LogP contribution in [-0.2, 0) is 70.3 Å². The van der Waals surface area contributed by atoms with Crippen molar-refractivity contribution in [3.05, 3.63) is 77.9 Å². The Kier molecular flexibility index (Phi) is 28.3. The molecule has 11 atom stereocenters. The number of aromatic hydroxyl groups is 1. The summed E-state index contributed by atoms with van der Waals surface area (Å²) in [5.41, 5.74) is 1.26. The number of likely N-dealkylation sites (tertiary alicyclic amines) is 1. The number of phenols is 1. The molecule has 0 radical (unpaired) electrons. The predicted octanol–water partition coefficient (Wildman–Crippen LogP) is 2.48. The summed E-state index contributed by atoms with van der Waals surface area (Å²) in [6.07, 6.45) is 2.13. The number of nitrogens with one attached hydrogen (secondary N) is 6. The first-order valence-electron chi connectivity index (χ1n) is 30.0. The number of carbonyl (C=O) groups is 10. The first kappa shape index (κ1) is 71.2. The number of hydrogen-bond donors (Lipinski definition) is 7. The molecule has 1 unspecified atom stereocenters. The van der Waals surface area contributed by atoms with Crippen molar-refractivity contribution in [3.8, 4) is 5.75 Å². The van der Waals surface area contributed by atoms with Gasteiger partial charge in [-0.25, -0.2) is 0 Å². The van der Waals surface area contributed by atoms with E-state index in [1.165, 1.54) is 26.4 Å². The van der Waals surface area contributed by atoms with Gasteiger partial charge in [0.05, 0.1) is 42.7 Å². The van der Waals surface area contributed by atoms with Gasteiger partial charge in [-0.05, 0) is 73.9 Å². The number of rotatable bonds is 34. The van der Waals surface area contributed by atoms with Crippen LogP contribution in [0.4, 0.5) is 0 Å². The normalized spacial score (nSPS) is 17.7. The van der Waals surface area contributed by atoms with Crippen LogP contribution in [0.15, 0.2) is 66.7 Å². The van der Waals surface area contributed by atoms with Gasteiger partial charge in [-0.2, -0.15) is 0 Å². The Morgan fingerprint density at radius 3 is 1.74 bits per heavy atom. The van der Waals surface area contributed by atoms with Gasteiger partial charge in [0.1, 0.15) is 29.9 Å². The lowest BCUT2D eigenvalue weighted by Crippen LogP contribution is -2.60. The van der Waals surface area contributed by atoms with E-state index in [9.17, 15) is 53.1 Å². The summed E-state index contributed by atoms with van der Waals surface area (Å²) < 4.78 is 12.2. The lowest BCUT2D eigenvalue weighted by Gasteiger charge is -2.41. The van der Waals surface area contributed by atoms with Crippen molar-refractivity contribution in [1.82, 2.24) is 51.5 Å². The Bertz CT molecular complexity index is 2630. The summed E-state index contributed by atoms with van der Waals surface area (Å²) in [6, 6.07) is 8.95. The molecule has 2 heterocycles. The second-order valence-electron chi connectivity index (χ2n) is 23.9. The number of amides is 10. The molecule has 0 aromatic heterocycles. The Balaban J connectivity index is 1.52. The van der Waals surface area contributed by atoms with E-state index >= 15 is 0 Å². The van der Waals surface area contributed by atoms with Gasteiger partial charge in [-0.15, -0.1) is 0 Å². The third-order valence-corrected chi connectivity index (χ3v) is 16.3. The molecule has 2 aromatic rings. The number of methoxy groups -OCH3 is 2. The van der Waals surface area contributed by atoms with E-state index in [-0.39, 0.29) is 86.5 Å². The fraction of sp³-hybridized carbons (Fsp3) is 0.619. The lowest BCUT2D eigenvalue weighted by molar-refractivity contribution is -0.148. The first-order chi connectivity index (χ1) is 40.6. The summed E-state index contributed by atoms with van der Waals surface area (Å²) in [7, 11) is 8.32. The zero-order chi connectivity index (χ0) is 64.1. The van der Waals surface area contributed by atoms with Crippen molar-refractivity contribution < 1.29 is 62.5 Å². The van der Waals surface area contributed by atoms with Gasteiger partial charge in [0, 0.05) is 78.9 Å². The highest BCUT2D eigenvalue weighted by Crippen LogP contribution is 2.30. The Hall–Kier alpha value is -7.24. The third-order valence-electron chi connectivity index (χ3n) is 16.3.